The standard InChI is InChI=1S/C20H28BrN3O5/c1-20(2,3)29-19(27)23-10-9-17(25)24(23)13-5-7-14(8-6-13)28-16-11-18(26)22(4)12-15(16)21/h11-14H,5-10H2,1-4H3. The highest BCUT2D eigenvalue weighted by Gasteiger charge is 2.41. The van der Waals surface area contributed by atoms with Crippen LogP contribution in [0.4, 0.5) is 4.79 Å². The van der Waals surface area contributed by atoms with Crippen LogP contribution in [0.25, 0.3) is 0 Å². The SMILES string of the molecule is Cn1cc(Br)c(OC2CCC(N3C(=O)CCN3C(=O)OC(C)(C)C)CC2)cc1=O. The van der Waals surface area contributed by atoms with Crippen molar-refractivity contribution in [3.63, 3.8) is 0 Å². The topological polar surface area (TPSA) is 81.1 Å². The average molecular weight is 470 g/mol. The van der Waals surface area contributed by atoms with Crippen molar-refractivity contribution < 1.29 is 19.1 Å². The Labute approximate surface area is 178 Å². The molecule has 2 amide bonds. The van der Waals surface area contributed by atoms with E-state index in [0.29, 0.717) is 18.7 Å². The van der Waals surface area contributed by atoms with Gasteiger partial charge >= 0.3 is 6.09 Å². The lowest BCUT2D eigenvalue weighted by atomic mass is 9.92. The van der Waals surface area contributed by atoms with Gasteiger partial charge in [-0.15, -0.1) is 0 Å². The van der Waals surface area contributed by atoms with Gasteiger partial charge in [0.25, 0.3) is 5.56 Å². The van der Waals surface area contributed by atoms with Gasteiger partial charge in [-0.1, -0.05) is 0 Å². The Morgan fingerprint density at radius 1 is 1.17 bits per heavy atom. The van der Waals surface area contributed by atoms with Crippen LogP contribution in [-0.4, -0.2) is 50.9 Å². The number of hydrazine groups is 1. The lowest BCUT2D eigenvalue weighted by Crippen LogP contribution is -2.51. The number of nitrogens with zero attached hydrogens (tertiary/aromatic N) is 3. The van der Waals surface area contributed by atoms with E-state index in [-0.39, 0.29) is 23.6 Å². The summed E-state index contributed by atoms with van der Waals surface area (Å²) in [4.78, 5) is 36.8. The number of halogens is 1. The fraction of sp³-hybridized carbons (Fsp3) is 0.650. The zero-order valence-corrected chi connectivity index (χ0v) is 18.9. The van der Waals surface area contributed by atoms with Crippen LogP contribution in [0.15, 0.2) is 21.5 Å². The number of aromatic nitrogens is 1. The third-order valence-corrected chi connectivity index (χ3v) is 5.68. The summed E-state index contributed by atoms with van der Waals surface area (Å²) < 4.78 is 13.7. The second-order valence-corrected chi connectivity index (χ2v) is 9.43. The minimum absolute atomic E-state index is 0.0395. The molecule has 0 N–H and O–H groups in total. The number of carbonyl (C=O) groups excluding carboxylic acids is 2. The van der Waals surface area contributed by atoms with Gasteiger partial charge in [0.05, 0.1) is 23.2 Å². The Morgan fingerprint density at radius 3 is 2.45 bits per heavy atom. The Hall–Kier alpha value is -2.03. The molecule has 0 radical (unpaired) electrons. The van der Waals surface area contributed by atoms with Gasteiger partial charge in [-0.05, 0) is 62.4 Å². The number of aryl methyl sites for hydroxylation is 1. The minimum atomic E-state index is -0.611. The maximum Gasteiger partial charge on any atom is 0.429 e. The van der Waals surface area contributed by atoms with Crippen molar-refractivity contribution in [3.8, 4) is 5.75 Å². The summed E-state index contributed by atoms with van der Waals surface area (Å²) in [6.45, 7) is 5.78. The summed E-state index contributed by atoms with van der Waals surface area (Å²) in [7, 11) is 1.69. The lowest BCUT2D eigenvalue weighted by Gasteiger charge is -2.39. The number of amides is 2. The van der Waals surface area contributed by atoms with Crippen LogP contribution in [0.2, 0.25) is 0 Å². The highest BCUT2D eigenvalue weighted by atomic mass is 79.9. The number of hydrogen-bond acceptors (Lipinski definition) is 5. The van der Waals surface area contributed by atoms with Gasteiger partial charge in [0, 0.05) is 25.7 Å². The molecule has 8 nitrogen and oxygen atoms in total. The number of hydrogen-bond donors (Lipinski definition) is 0. The molecule has 1 aliphatic carbocycles. The monoisotopic (exact) mass is 469 g/mol. The van der Waals surface area contributed by atoms with Gasteiger partial charge in [-0.3, -0.25) is 9.59 Å². The predicted octanol–water partition coefficient (Wildman–Crippen LogP) is 3.22. The van der Waals surface area contributed by atoms with Crippen molar-refractivity contribution in [1.29, 1.82) is 0 Å². The van der Waals surface area contributed by atoms with Crippen molar-refractivity contribution >= 4 is 27.9 Å². The van der Waals surface area contributed by atoms with Crippen molar-refractivity contribution in [1.82, 2.24) is 14.6 Å². The molecule has 9 heteroatoms. The van der Waals surface area contributed by atoms with Crippen LogP contribution in [0.3, 0.4) is 0 Å². The van der Waals surface area contributed by atoms with E-state index >= 15 is 0 Å². The fourth-order valence-electron chi connectivity index (χ4n) is 3.71. The molecule has 3 rings (SSSR count). The molecule has 2 aliphatic rings. The highest BCUT2D eigenvalue weighted by Crippen LogP contribution is 2.32. The molecular weight excluding hydrogens is 442 g/mol. The quantitative estimate of drug-likeness (QED) is 0.678. The molecule has 1 aromatic heterocycles. The highest BCUT2D eigenvalue weighted by molar-refractivity contribution is 9.10. The van der Waals surface area contributed by atoms with E-state index in [0.717, 1.165) is 30.2 Å². The van der Waals surface area contributed by atoms with E-state index in [9.17, 15) is 14.4 Å². The van der Waals surface area contributed by atoms with Gasteiger partial charge in [0.15, 0.2) is 0 Å². The van der Waals surface area contributed by atoms with Crippen molar-refractivity contribution in [3.05, 3.63) is 27.1 Å². The lowest BCUT2D eigenvalue weighted by molar-refractivity contribution is -0.144. The largest absolute Gasteiger partial charge is 0.489 e. The third-order valence-electron chi connectivity index (χ3n) is 5.09. The second kappa shape index (κ2) is 8.38. The molecule has 0 unspecified atom stereocenters. The smallest absolute Gasteiger partial charge is 0.429 e. The molecule has 29 heavy (non-hydrogen) atoms. The van der Waals surface area contributed by atoms with Crippen molar-refractivity contribution in [2.24, 2.45) is 7.05 Å². The molecule has 0 atom stereocenters. The number of carbonyl (C=O) groups is 2. The van der Waals surface area contributed by atoms with Gasteiger partial charge in [0.2, 0.25) is 5.91 Å². The van der Waals surface area contributed by atoms with Gasteiger partial charge in [0.1, 0.15) is 11.4 Å². The van der Waals surface area contributed by atoms with Gasteiger partial charge < -0.3 is 14.0 Å². The molecule has 160 valence electrons. The van der Waals surface area contributed by atoms with E-state index in [4.69, 9.17) is 9.47 Å². The molecule has 2 heterocycles. The average Bonchev–Trinajstić information content (AvgIpc) is 3.01. The van der Waals surface area contributed by atoms with Crippen molar-refractivity contribution in [2.75, 3.05) is 6.54 Å². The van der Waals surface area contributed by atoms with E-state index < -0.39 is 11.7 Å². The summed E-state index contributed by atoms with van der Waals surface area (Å²) in [5, 5.41) is 3.02. The van der Waals surface area contributed by atoms with E-state index in [1.54, 1.807) is 18.3 Å². The van der Waals surface area contributed by atoms with E-state index in [2.05, 4.69) is 15.9 Å². The fourth-order valence-corrected chi connectivity index (χ4v) is 4.23. The zero-order chi connectivity index (χ0) is 21.3. The molecule has 2 fully saturated rings. The van der Waals surface area contributed by atoms with Gasteiger partial charge in [-0.25, -0.2) is 14.8 Å². The molecular formula is C20H28BrN3O5. The first-order valence-electron chi connectivity index (χ1n) is 9.90. The molecule has 1 saturated carbocycles. The Bertz CT molecular complexity index is 839. The maximum atomic E-state index is 12.5. The summed E-state index contributed by atoms with van der Waals surface area (Å²) in [5.74, 6) is 0.485. The van der Waals surface area contributed by atoms with Crippen LogP contribution < -0.4 is 10.3 Å². The van der Waals surface area contributed by atoms with Crippen LogP contribution in [0.5, 0.6) is 5.75 Å². The number of ether oxygens (including phenoxy) is 2. The molecule has 0 bridgehead atoms. The van der Waals surface area contributed by atoms with Gasteiger partial charge in [-0.2, -0.15) is 0 Å². The number of pyridine rings is 1. The van der Waals surface area contributed by atoms with Crippen LogP contribution in [-0.2, 0) is 16.6 Å². The van der Waals surface area contributed by atoms with Crippen LogP contribution in [0.1, 0.15) is 52.9 Å². The third kappa shape index (κ3) is 5.12. The van der Waals surface area contributed by atoms with Crippen LogP contribution in [0, 0.1) is 0 Å². The molecule has 0 aromatic carbocycles. The predicted molar refractivity (Wildman–Crippen MR) is 110 cm³/mol. The Kier molecular flexibility index (Phi) is 6.26. The number of rotatable bonds is 3. The second-order valence-electron chi connectivity index (χ2n) is 8.57. The Morgan fingerprint density at radius 2 is 1.83 bits per heavy atom. The van der Waals surface area contributed by atoms with E-state index in [1.807, 2.05) is 20.8 Å². The summed E-state index contributed by atoms with van der Waals surface area (Å²) in [5.41, 5.74) is -0.743. The molecule has 1 aromatic rings. The molecule has 1 saturated heterocycles. The minimum Gasteiger partial charge on any atom is -0.489 e. The first-order chi connectivity index (χ1) is 13.5. The molecule has 1 aliphatic heterocycles. The van der Waals surface area contributed by atoms with E-state index in [1.165, 1.54) is 15.6 Å². The summed E-state index contributed by atoms with van der Waals surface area (Å²) in [6, 6.07) is 1.43. The normalized spacial score (nSPS) is 22.7. The summed E-state index contributed by atoms with van der Waals surface area (Å²) >= 11 is 3.43. The van der Waals surface area contributed by atoms with Crippen molar-refractivity contribution in [2.45, 2.75) is 70.6 Å². The zero-order valence-electron chi connectivity index (χ0n) is 17.3. The maximum absolute atomic E-state index is 12.5. The first kappa shape index (κ1) is 21.7. The van der Waals surface area contributed by atoms with Crippen LogP contribution >= 0.6 is 15.9 Å². The molecule has 0 spiro atoms. The first-order valence-corrected chi connectivity index (χ1v) is 10.7. The Balaban J connectivity index is 1.62. The summed E-state index contributed by atoms with van der Waals surface area (Å²) in [6.07, 6.45) is 4.39.